The number of sulfonamides is 1. The third kappa shape index (κ3) is 3.78. The molecular weight excluding hydrogens is 372 g/mol. The van der Waals surface area contributed by atoms with Crippen LogP contribution in [-0.4, -0.2) is 20.9 Å². The summed E-state index contributed by atoms with van der Waals surface area (Å²) in [4.78, 5) is 12.8. The maximum absolute atomic E-state index is 13.1. The van der Waals surface area contributed by atoms with E-state index in [1.807, 2.05) is 24.3 Å². The molecule has 1 amide bonds. The number of amides is 1. The Morgan fingerprint density at radius 3 is 2.46 bits per heavy atom. The van der Waals surface area contributed by atoms with Crippen LogP contribution in [0, 0.1) is 5.92 Å². The summed E-state index contributed by atoms with van der Waals surface area (Å²) in [5.41, 5.74) is 2.44. The molecule has 0 spiro atoms. The van der Waals surface area contributed by atoms with Crippen molar-refractivity contribution in [2.24, 2.45) is 5.92 Å². The van der Waals surface area contributed by atoms with Gasteiger partial charge in [0.1, 0.15) is 0 Å². The highest BCUT2D eigenvalue weighted by Crippen LogP contribution is 2.34. The molecule has 0 radical (unpaired) electrons. The monoisotopic (exact) mass is 398 g/mol. The fourth-order valence-electron chi connectivity index (χ4n) is 4.22. The Kier molecular flexibility index (Phi) is 5.40. The summed E-state index contributed by atoms with van der Waals surface area (Å²) in [6, 6.07) is 14.1. The number of nitrogens with one attached hydrogen (secondary N) is 1. The SMILES string of the molecule is O=C(Nc1ccc2c(c1)CCCN2S(=O)(=O)c1ccccc1)C1CCCCC1. The standard InChI is InChI=1S/C22H26N2O3S/c25-22(17-8-3-1-4-9-17)23-19-13-14-21-18(16-19)10-7-15-24(21)28(26,27)20-11-5-2-6-12-20/h2,5-6,11-14,16-17H,1,3-4,7-10,15H2,(H,23,25). The maximum atomic E-state index is 13.1. The lowest BCUT2D eigenvalue weighted by molar-refractivity contribution is -0.120. The summed E-state index contributed by atoms with van der Waals surface area (Å²) < 4.78 is 27.6. The number of carbonyl (C=O) groups is 1. The van der Waals surface area contributed by atoms with E-state index in [0.29, 0.717) is 17.1 Å². The van der Waals surface area contributed by atoms with Gasteiger partial charge in [-0.2, -0.15) is 0 Å². The van der Waals surface area contributed by atoms with Crippen LogP contribution in [0.25, 0.3) is 0 Å². The number of anilines is 2. The molecule has 1 fully saturated rings. The van der Waals surface area contributed by atoms with Crippen molar-refractivity contribution < 1.29 is 13.2 Å². The summed E-state index contributed by atoms with van der Waals surface area (Å²) in [7, 11) is -3.58. The molecule has 1 aliphatic carbocycles. The Labute approximate surface area is 166 Å². The lowest BCUT2D eigenvalue weighted by Crippen LogP contribution is -2.35. The molecule has 0 unspecified atom stereocenters. The molecule has 28 heavy (non-hydrogen) atoms. The minimum Gasteiger partial charge on any atom is -0.326 e. The Hall–Kier alpha value is -2.34. The van der Waals surface area contributed by atoms with Crippen molar-refractivity contribution in [3.63, 3.8) is 0 Å². The van der Waals surface area contributed by atoms with E-state index in [1.165, 1.54) is 10.7 Å². The minimum absolute atomic E-state index is 0.0872. The van der Waals surface area contributed by atoms with Crippen LogP contribution in [0.15, 0.2) is 53.4 Å². The Balaban J connectivity index is 1.57. The van der Waals surface area contributed by atoms with E-state index in [4.69, 9.17) is 0 Å². The van der Waals surface area contributed by atoms with Crippen LogP contribution in [0.4, 0.5) is 11.4 Å². The quantitative estimate of drug-likeness (QED) is 0.833. The van der Waals surface area contributed by atoms with E-state index in [1.54, 1.807) is 24.3 Å². The summed E-state index contributed by atoms with van der Waals surface area (Å²) >= 11 is 0. The lowest BCUT2D eigenvalue weighted by Gasteiger charge is -2.31. The molecule has 2 aromatic carbocycles. The number of rotatable bonds is 4. The van der Waals surface area contributed by atoms with Crippen LogP contribution in [0.2, 0.25) is 0 Å². The summed E-state index contributed by atoms with van der Waals surface area (Å²) in [5, 5.41) is 3.04. The van der Waals surface area contributed by atoms with Gasteiger partial charge in [-0.3, -0.25) is 9.10 Å². The van der Waals surface area contributed by atoms with Gasteiger partial charge in [-0.15, -0.1) is 0 Å². The second-order valence-electron chi connectivity index (χ2n) is 7.66. The van der Waals surface area contributed by atoms with Crippen molar-refractivity contribution in [1.29, 1.82) is 0 Å². The first-order chi connectivity index (χ1) is 13.6. The van der Waals surface area contributed by atoms with Gasteiger partial charge in [-0.05, 0) is 61.6 Å². The number of nitrogens with zero attached hydrogens (tertiary/aromatic N) is 1. The molecule has 148 valence electrons. The highest BCUT2D eigenvalue weighted by molar-refractivity contribution is 7.92. The average molecular weight is 399 g/mol. The predicted octanol–water partition coefficient (Wildman–Crippen LogP) is 4.35. The highest BCUT2D eigenvalue weighted by Gasteiger charge is 2.29. The fourth-order valence-corrected chi connectivity index (χ4v) is 5.78. The van der Waals surface area contributed by atoms with Crippen LogP contribution in [-0.2, 0) is 21.2 Å². The van der Waals surface area contributed by atoms with Gasteiger partial charge in [0, 0.05) is 18.2 Å². The van der Waals surface area contributed by atoms with Crippen LogP contribution < -0.4 is 9.62 Å². The number of fused-ring (bicyclic) bond motifs is 1. The van der Waals surface area contributed by atoms with E-state index in [9.17, 15) is 13.2 Å². The summed E-state index contributed by atoms with van der Waals surface area (Å²) in [5.74, 6) is 0.184. The van der Waals surface area contributed by atoms with Crippen LogP contribution in [0.3, 0.4) is 0 Å². The van der Waals surface area contributed by atoms with Crippen molar-refractivity contribution >= 4 is 27.3 Å². The molecule has 6 heteroatoms. The van der Waals surface area contributed by atoms with Crippen molar-refractivity contribution in [3.05, 3.63) is 54.1 Å². The molecule has 2 aromatic rings. The molecule has 0 bridgehead atoms. The number of benzene rings is 2. The molecular formula is C22H26N2O3S. The maximum Gasteiger partial charge on any atom is 0.264 e. The molecule has 0 atom stereocenters. The Bertz CT molecular complexity index is 951. The molecule has 1 heterocycles. The van der Waals surface area contributed by atoms with Gasteiger partial charge in [0.15, 0.2) is 0 Å². The largest absolute Gasteiger partial charge is 0.326 e. The minimum atomic E-state index is -3.58. The van der Waals surface area contributed by atoms with Gasteiger partial charge in [0.05, 0.1) is 10.6 Å². The normalized spacial score (nSPS) is 17.8. The van der Waals surface area contributed by atoms with E-state index in [-0.39, 0.29) is 11.8 Å². The van der Waals surface area contributed by atoms with Gasteiger partial charge >= 0.3 is 0 Å². The van der Waals surface area contributed by atoms with E-state index < -0.39 is 10.0 Å². The summed E-state index contributed by atoms with van der Waals surface area (Å²) in [6.45, 7) is 0.470. The first kappa shape index (κ1) is 19.0. The van der Waals surface area contributed by atoms with Gasteiger partial charge in [0.25, 0.3) is 10.0 Å². The van der Waals surface area contributed by atoms with E-state index in [2.05, 4.69) is 5.32 Å². The van der Waals surface area contributed by atoms with Crippen molar-refractivity contribution in [3.8, 4) is 0 Å². The summed E-state index contributed by atoms with van der Waals surface area (Å²) in [6.07, 6.45) is 6.94. The molecule has 0 aromatic heterocycles. The van der Waals surface area contributed by atoms with Crippen molar-refractivity contribution in [2.75, 3.05) is 16.2 Å². The number of aryl methyl sites for hydroxylation is 1. The number of hydrogen-bond donors (Lipinski definition) is 1. The number of carbonyl (C=O) groups excluding carboxylic acids is 1. The Morgan fingerprint density at radius 2 is 1.71 bits per heavy atom. The predicted molar refractivity (Wildman–Crippen MR) is 111 cm³/mol. The molecule has 1 saturated carbocycles. The van der Waals surface area contributed by atoms with Gasteiger partial charge in [-0.1, -0.05) is 37.5 Å². The smallest absolute Gasteiger partial charge is 0.264 e. The first-order valence-electron chi connectivity index (χ1n) is 10.1. The molecule has 1 N–H and O–H groups in total. The topological polar surface area (TPSA) is 66.5 Å². The van der Waals surface area contributed by atoms with Crippen molar-refractivity contribution in [1.82, 2.24) is 0 Å². The number of hydrogen-bond acceptors (Lipinski definition) is 3. The third-order valence-corrected chi connectivity index (χ3v) is 7.56. The fraction of sp³-hybridized carbons (Fsp3) is 0.409. The van der Waals surface area contributed by atoms with Crippen molar-refractivity contribution in [2.45, 2.75) is 49.8 Å². The zero-order valence-electron chi connectivity index (χ0n) is 15.9. The molecule has 4 rings (SSSR count). The zero-order chi connectivity index (χ0) is 19.6. The van der Waals surface area contributed by atoms with Gasteiger partial charge in [0.2, 0.25) is 5.91 Å². The highest BCUT2D eigenvalue weighted by atomic mass is 32.2. The Morgan fingerprint density at radius 1 is 0.964 bits per heavy atom. The van der Waals surface area contributed by atoms with Crippen LogP contribution in [0.1, 0.15) is 44.1 Å². The average Bonchev–Trinajstić information content (AvgIpc) is 2.74. The molecule has 0 saturated heterocycles. The second-order valence-corrected chi connectivity index (χ2v) is 9.52. The van der Waals surface area contributed by atoms with Crippen LogP contribution >= 0.6 is 0 Å². The van der Waals surface area contributed by atoms with Gasteiger partial charge < -0.3 is 5.32 Å². The molecule has 5 nitrogen and oxygen atoms in total. The van der Waals surface area contributed by atoms with E-state index in [0.717, 1.165) is 49.8 Å². The lowest BCUT2D eigenvalue weighted by atomic mass is 9.88. The second kappa shape index (κ2) is 7.95. The van der Waals surface area contributed by atoms with Gasteiger partial charge in [-0.25, -0.2) is 8.42 Å². The van der Waals surface area contributed by atoms with E-state index >= 15 is 0 Å². The molecule has 2 aliphatic rings. The van der Waals surface area contributed by atoms with Crippen LogP contribution in [0.5, 0.6) is 0 Å². The molecule has 1 aliphatic heterocycles. The third-order valence-electron chi connectivity index (χ3n) is 5.73. The zero-order valence-corrected chi connectivity index (χ0v) is 16.7. The first-order valence-corrected chi connectivity index (χ1v) is 11.5.